The highest BCUT2D eigenvalue weighted by Gasteiger charge is 2.62. The van der Waals surface area contributed by atoms with Crippen LogP contribution in [0.2, 0.25) is 0 Å². The van der Waals surface area contributed by atoms with Gasteiger partial charge in [0.05, 0.1) is 0 Å². The van der Waals surface area contributed by atoms with E-state index in [1.165, 1.54) is 75.3 Å². The minimum absolute atomic E-state index is 0.459. The fourth-order valence-electron chi connectivity index (χ4n) is 10.4. The Bertz CT molecular complexity index is 957. The Morgan fingerprint density at radius 3 is 1.77 bits per heavy atom. The van der Waals surface area contributed by atoms with Gasteiger partial charge in [-0.05, 0) is 139 Å². The third kappa shape index (κ3) is 2.04. The largest absolute Gasteiger partial charge is 0.380 e. The van der Waals surface area contributed by atoms with Crippen LogP contribution in [-0.2, 0) is 0 Å². The molecule has 0 spiro atoms. The van der Waals surface area contributed by atoms with E-state index in [1.807, 2.05) is 0 Å². The van der Waals surface area contributed by atoms with Gasteiger partial charge >= 0.3 is 0 Å². The lowest BCUT2D eigenvalue weighted by atomic mass is 9.64. The van der Waals surface area contributed by atoms with Gasteiger partial charge in [-0.15, -0.1) is 0 Å². The van der Waals surface area contributed by atoms with Gasteiger partial charge in [0, 0.05) is 0 Å². The van der Waals surface area contributed by atoms with Crippen LogP contribution in [0.3, 0.4) is 0 Å². The van der Waals surface area contributed by atoms with E-state index in [0.717, 1.165) is 29.6 Å². The highest BCUT2D eigenvalue weighted by molar-refractivity contribution is 5.87. The second kappa shape index (κ2) is 5.71. The van der Waals surface area contributed by atoms with Crippen LogP contribution >= 0.6 is 0 Å². The predicted octanol–water partition coefficient (Wildman–Crippen LogP) is 6.39. The summed E-state index contributed by atoms with van der Waals surface area (Å²) >= 11 is 0. The van der Waals surface area contributed by atoms with Crippen molar-refractivity contribution in [3.8, 4) is 0 Å². The van der Waals surface area contributed by atoms with Crippen molar-refractivity contribution < 1.29 is 5.11 Å². The monoisotopic (exact) mass is 398 g/mol. The van der Waals surface area contributed by atoms with Crippen LogP contribution in [0.4, 0.5) is 0 Å². The van der Waals surface area contributed by atoms with Gasteiger partial charge in [-0.3, -0.25) is 0 Å². The Hall–Kier alpha value is -1.34. The molecule has 0 amide bonds. The van der Waals surface area contributed by atoms with Crippen molar-refractivity contribution in [1.29, 1.82) is 0 Å². The fourth-order valence-corrected chi connectivity index (χ4v) is 10.4. The van der Waals surface area contributed by atoms with Gasteiger partial charge < -0.3 is 5.11 Å². The molecule has 0 heterocycles. The van der Waals surface area contributed by atoms with Crippen LogP contribution in [0.1, 0.15) is 69.8 Å². The predicted molar refractivity (Wildman–Crippen MR) is 119 cm³/mol. The molecule has 0 saturated heterocycles. The summed E-state index contributed by atoms with van der Waals surface area (Å²) in [7, 11) is 0. The second-order valence-corrected chi connectivity index (χ2v) is 12.4. The van der Waals surface area contributed by atoms with Crippen molar-refractivity contribution in [2.45, 2.75) is 69.8 Å². The van der Waals surface area contributed by atoms with Crippen molar-refractivity contribution in [3.05, 3.63) is 52.6 Å². The van der Waals surface area contributed by atoms with Crippen molar-refractivity contribution >= 4 is 5.57 Å². The Kier molecular flexibility index (Phi) is 3.28. The molecule has 30 heavy (non-hydrogen) atoms. The number of hydrogen-bond acceptors (Lipinski definition) is 1. The molecule has 1 nitrogen and oxygen atoms in total. The summed E-state index contributed by atoms with van der Waals surface area (Å²) in [6, 6.07) is 11.2. The molecule has 156 valence electrons. The molecule has 0 aromatic heterocycles. The van der Waals surface area contributed by atoms with Gasteiger partial charge in [-0.25, -0.2) is 0 Å². The van der Waals surface area contributed by atoms with Gasteiger partial charge in [0.25, 0.3) is 0 Å². The topological polar surface area (TPSA) is 20.2 Å². The summed E-state index contributed by atoms with van der Waals surface area (Å²) < 4.78 is 0. The Balaban J connectivity index is 1.45. The van der Waals surface area contributed by atoms with E-state index in [2.05, 4.69) is 30.3 Å². The summed E-state index contributed by atoms with van der Waals surface area (Å²) in [6.45, 7) is 0. The van der Waals surface area contributed by atoms with Gasteiger partial charge in [0.15, 0.2) is 0 Å². The highest BCUT2D eigenvalue weighted by atomic mass is 16.3. The van der Waals surface area contributed by atoms with E-state index in [4.69, 9.17) is 0 Å². The van der Waals surface area contributed by atoms with Crippen molar-refractivity contribution in [2.24, 2.45) is 47.3 Å². The number of benzene rings is 1. The fraction of sp³-hybridized carbons (Fsp3) is 0.655. The zero-order valence-electron chi connectivity index (χ0n) is 18.0. The van der Waals surface area contributed by atoms with Crippen LogP contribution in [0.25, 0.3) is 5.57 Å². The molecular formula is C29H34O. The van der Waals surface area contributed by atoms with Crippen LogP contribution in [0, 0.1) is 47.3 Å². The molecule has 8 bridgehead atoms. The first kappa shape index (κ1) is 17.2. The van der Waals surface area contributed by atoms with Crippen LogP contribution < -0.4 is 0 Å². The number of rotatable bonds is 1. The quantitative estimate of drug-likeness (QED) is 0.581. The Morgan fingerprint density at radius 1 is 0.600 bits per heavy atom. The standard InChI is InChI=1S/C29H34O/c30-29-24-14-18-7-19(15-24)13-23(12-18)28(29)26-22-10-16-6-17(11-22)9-21(8-16)25(26)27(29)20-4-2-1-3-5-20/h1-5,16-19,21-24,30H,6-15H2/t16-,17+,18-,19+,21?,22?,23?,24?,29-/m1/s1. The normalized spacial score (nSPS) is 50.0. The molecule has 9 atom stereocenters. The van der Waals surface area contributed by atoms with E-state index < -0.39 is 5.60 Å². The molecule has 8 fully saturated rings. The highest BCUT2D eigenvalue weighted by Crippen LogP contribution is 2.69. The lowest BCUT2D eigenvalue weighted by Gasteiger charge is -2.42. The van der Waals surface area contributed by atoms with E-state index in [-0.39, 0.29) is 0 Å². The molecular weight excluding hydrogens is 364 g/mol. The number of allylic oxidation sites excluding steroid dienone is 2. The maximum atomic E-state index is 13.0. The maximum absolute atomic E-state index is 13.0. The van der Waals surface area contributed by atoms with Gasteiger partial charge in [-0.1, -0.05) is 30.3 Å². The Labute approximate surface area is 180 Å². The summed E-state index contributed by atoms with van der Waals surface area (Å²) in [5, 5.41) is 13.0. The smallest absolute Gasteiger partial charge is 0.115 e. The summed E-state index contributed by atoms with van der Waals surface area (Å²) in [5.41, 5.74) is 7.10. The first-order valence-corrected chi connectivity index (χ1v) is 13.0. The van der Waals surface area contributed by atoms with Crippen molar-refractivity contribution in [2.75, 3.05) is 0 Å². The average Bonchev–Trinajstić information content (AvgIpc) is 2.82. The van der Waals surface area contributed by atoms with E-state index in [9.17, 15) is 5.11 Å². The molecule has 1 heteroatoms. The first-order chi connectivity index (χ1) is 14.7. The Morgan fingerprint density at radius 2 is 1.13 bits per heavy atom. The molecule has 8 saturated carbocycles. The zero-order valence-corrected chi connectivity index (χ0v) is 18.0. The van der Waals surface area contributed by atoms with Crippen LogP contribution in [-0.4, -0.2) is 10.7 Å². The van der Waals surface area contributed by atoms with Crippen LogP contribution in [0.15, 0.2) is 47.1 Å². The maximum Gasteiger partial charge on any atom is 0.115 e. The van der Waals surface area contributed by atoms with Crippen LogP contribution in [0.5, 0.6) is 0 Å². The molecule has 0 radical (unpaired) electrons. The summed E-state index contributed by atoms with van der Waals surface area (Å²) in [5.74, 6) is 6.21. The van der Waals surface area contributed by atoms with Gasteiger partial charge in [0.2, 0.25) is 0 Å². The lowest BCUT2D eigenvalue weighted by molar-refractivity contribution is 0.0359. The molecule has 9 aliphatic rings. The number of aliphatic hydroxyl groups is 1. The molecule has 10 rings (SSSR count). The summed E-state index contributed by atoms with van der Waals surface area (Å²) in [6.07, 6.45) is 13.8. The third-order valence-electron chi connectivity index (χ3n) is 10.8. The van der Waals surface area contributed by atoms with Crippen molar-refractivity contribution in [3.63, 3.8) is 0 Å². The van der Waals surface area contributed by atoms with E-state index in [1.54, 1.807) is 16.7 Å². The average molecular weight is 399 g/mol. The molecule has 9 aliphatic carbocycles. The van der Waals surface area contributed by atoms with E-state index in [0.29, 0.717) is 17.8 Å². The SMILES string of the molecule is O[C@]12C(c3ccccc3)=C3C(=C1C1C[C@@H]4CC2C[C@H](C1)C4)C1C[C@H]2CC3C[C@@H](C1)C2. The van der Waals surface area contributed by atoms with E-state index >= 15 is 0 Å². The molecule has 0 aliphatic heterocycles. The molecule has 1 aromatic carbocycles. The summed E-state index contributed by atoms with van der Waals surface area (Å²) in [4.78, 5) is 0. The zero-order chi connectivity index (χ0) is 19.6. The van der Waals surface area contributed by atoms with Gasteiger partial charge in [0.1, 0.15) is 5.60 Å². The molecule has 1 N–H and O–H groups in total. The first-order valence-electron chi connectivity index (χ1n) is 13.0. The molecule has 4 unspecified atom stereocenters. The lowest BCUT2D eigenvalue weighted by Crippen LogP contribution is -2.41. The molecule has 1 aromatic rings. The third-order valence-corrected chi connectivity index (χ3v) is 10.8. The minimum atomic E-state index is -0.657. The van der Waals surface area contributed by atoms with Gasteiger partial charge in [-0.2, -0.15) is 0 Å². The minimum Gasteiger partial charge on any atom is -0.380 e. The second-order valence-electron chi connectivity index (χ2n) is 12.4. The number of hydrogen-bond donors (Lipinski definition) is 1. The van der Waals surface area contributed by atoms with Crippen molar-refractivity contribution in [1.82, 2.24) is 0 Å².